The third kappa shape index (κ3) is 6.58. The summed E-state index contributed by atoms with van der Waals surface area (Å²) in [6, 6.07) is 0. The van der Waals surface area contributed by atoms with Gasteiger partial charge in [-0.1, -0.05) is 24.3 Å². The van der Waals surface area contributed by atoms with Gasteiger partial charge in [-0.25, -0.2) is 0 Å². The SMILES string of the molecule is C1=CCC/C=C\CC1.[Cl][Pt]. The summed E-state index contributed by atoms with van der Waals surface area (Å²) < 4.78 is 0. The fraction of sp³-hybridized carbons (Fsp3) is 0.500. The van der Waals surface area contributed by atoms with Crippen molar-refractivity contribution < 1.29 is 18.8 Å². The van der Waals surface area contributed by atoms with Crippen LogP contribution in [-0.2, 0) is 18.8 Å². The molecule has 61 valence electrons. The van der Waals surface area contributed by atoms with Crippen LogP contribution in [0.5, 0.6) is 0 Å². The van der Waals surface area contributed by atoms with Gasteiger partial charge in [-0.2, -0.15) is 0 Å². The number of hydrogen-bond donors (Lipinski definition) is 0. The Bertz CT molecular complexity index is 81.8. The summed E-state index contributed by atoms with van der Waals surface area (Å²) in [5, 5.41) is 0. The van der Waals surface area contributed by atoms with Gasteiger partial charge in [-0.3, -0.25) is 0 Å². The molecule has 0 bridgehead atoms. The Hall–Kier alpha value is 0.458. The van der Waals surface area contributed by atoms with E-state index in [-0.39, 0.29) is 0 Å². The Kier molecular flexibility index (Phi) is 9.89. The van der Waals surface area contributed by atoms with Crippen molar-refractivity contribution in [2.24, 2.45) is 0 Å². The van der Waals surface area contributed by atoms with Crippen molar-refractivity contribution in [3.8, 4) is 0 Å². The van der Waals surface area contributed by atoms with E-state index in [2.05, 4.69) is 33.7 Å². The second-order valence-corrected chi connectivity index (χ2v) is 2.10. The van der Waals surface area contributed by atoms with Gasteiger partial charge in [-0.15, -0.1) is 0 Å². The molecule has 0 nitrogen and oxygen atoms in total. The zero-order valence-corrected chi connectivity index (χ0v) is 8.86. The van der Waals surface area contributed by atoms with Gasteiger partial charge < -0.3 is 0 Å². The first kappa shape index (κ1) is 10.5. The van der Waals surface area contributed by atoms with Crippen LogP contribution < -0.4 is 0 Å². The van der Waals surface area contributed by atoms with Gasteiger partial charge in [0.25, 0.3) is 0 Å². The quantitative estimate of drug-likeness (QED) is 0.594. The molecule has 0 saturated carbocycles. The molecule has 0 aliphatic heterocycles. The Labute approximate surface area is 78.2 Å². The van der Waals surface area contributed by atoms with Crippen LogP contribution in [0.3, 0.4) is 0 Å². The molecule has 2 heteroatoms. The Morgan fingerprint density at radius 2 is 0.900 bits per heavy atom. The van der Waals surface area contributed by atoms with Crippen LogP contribution in [0.15, 0.2) is 24.3 Å². The van der Waals surface area contributed by atoms with Crippen LogP contribution in [0.4, 0.5) is 0 Å². The van der Waals surface area contributed by atoms with E-state index >= 15 is 0 Å². The molecule has 0 radical (unpaired) electrons. The number of rotatable bonds is 0. The minimum atomic E-state index is 1.23. The number of hydrogen-bond acceptors (Lipinski definition) is 0. The van der Waals surface area contributed by atoms with Crippen molar-refractivity contribution in [1.29, 1.82) is 0 Å². The fourth-order valence-corrected chi connectivity index (χ4v) is 0.856. The average Bonchev–Trinajstić information content (AvgIpc) is 1.90. The Balaban J connectivity index is 0.000000371. The van der Waals surface area contributed by atoms with E-state index in [1.807, 2.05) is 0 Å². The van der Waals surface area contributed by atoms with Gasteiger partial charge in [0.15, 0.2) is 0 Å². The fourth-order valence-electron chi connectivity index (χ4n) is 0.856. The Morgan fingerprint density at radius 3 is 1.10 bits per heavy atom. The molecule has 0 spiro atoms. The summed E-state index contributed by atoms with van der Waals surface area (Å²) >= 11 is 1.61. The zero-order chi connectivity index (χ0) is 7.66. The molecule has 0 aromatic carbocycles. The van der Waals surface area contributed by atoms with Gasteiger partial charge in [-0.05, 0) is 25.7 Å². The molecule has 10 heavy (non-hydrogen) atoms. The normalized spacial score (nSPS) is 19.9. The van der Waals surface area contributed by atoms with Crippen LogP contribution in [0.1, 0.15) is 25.7 Å². The average molecular weight is 339 g/mol. The molecule has 0 aromatic heterocycles. The van der Waals surface area contributed by atoms with Crippen LogP contribution in [0.25, 0.3) is 0 Å². The van der Waals surface area contributed by atoms with E-state index in [1.165, 1.54) is 25.7 Å². The topological polar surface area (TPSA) is 0 Å². The molecule has 0 saturated heterocycles. The summed E-state index contributed by atoms with van der Waals surface area (Å²) in [5.41, 5.74) is 0. The predicted octanol–water partition coefficient (Wildman–Crippen LogP) is 3.36. The van der Waals surface area contributed by atoms with Gasteiger partial charge in [0.2, 0.25) is 0 Å². The molecular weight excluding hydrogens is 327 g/mol. The van der Waals surface area contributed by atoms with Gasteiger partial charge >= 0.3 is 28.2 Å². The Morgan fingerprint density at radius 1 is 0.700 bits per heavy atom. The molecule has 0 fully saturated rings. The third-order valence-corrected chi connectivity index (χ3v) is 1.33. The summed E-state index contributed by atoms with van der Waals surface area (Å²) in [7, 11) is 4.61. The van der Waals surface area contributed by atoms with Crippen molar-refractivity contribution >= 4 is 9.42 Å². The third-order valence-electron chi connectivity index (χ3n) is 1.33. The van der Waals surface area contributed by atoms with Crippen molar-refractivity contribution in [2.75, 3.05) is 0 Å². The molecule has 1 aliphatic rings. The van der Waals surface area contributed by atoms with Gasteiger partial charge in [0.05, 0.1) is 0 Å². The first-order valence-corrected chi connectivity index (χ1v) is 6.23. The van der Waals surface area contributed by atoms with Crippen LogP contribution >= 0.6 is 9.42 Å². The molecule has 0 heterocycles. The van der Waals surface area contributed by atoms with Crippen molar-refractivity contribution in [1.82, 2.24) is 0 Å². The molecule has 0 unspecified atom stereocenters. The van der Waals surface area contributed by atoms with E-state index in [4.69, 9.17) is 0 Å². The molecule has 1 aliphatic carbocycles. The molecule has 0 amide bonds. The van der Waals surface area contributed by atoms with Gasteiger partial charge in [0.1, 0.15) is 0 Å². The summed E-state index contributed by atoms with van der Waals surface area (Å²) in [4.78, 5) is 0. The minimum absolute atomic E-state index is 1.23. The maximum absolute atomic E-state index is 4.61. The van der Waals surface area contributed by atoms with E-state index in [9.17, 15) is 0 Å². The van der Waals surface area contributed by atoms with E-state index in [0.717, 1.165) is 0 Å². The van der Waals surface area contributed by atoms with E-state index in [0.29, 0.717) is 0 Å². The van der Waals surface area contributed by atoms with E-state index < -0.39 is 0 Å². The second-order valence-electron chi connectivity index (χ2n) is 2.10. The summed E-state index contributed by atoms with van der Waals surface area (Å²) in [5.74, 6) is 0. The first-order valence-electron chi connectivity index (χ1n) is 3.42. The molecule has 1 rings (SSSR count). The monoisotopic (exact) mass is 338 g/mol. The molecular formula is C8H12ClPt. The molecule has 0 N–H and O–H groups in total. The standard InChI is InChI=1S/C8H12.ClH.Pt/c1-2-4-6-8-7-5-3-1;;/h1-2,7-8H,3-6H2;1H;/q;;+1/p-1/b2-1-,8-7?;;. The van der Waals surface area contributed by atoms with Crippen LogP contribution in [0.2, 0.25) is 0 Å². The molecule has 0 atom stereocenters. The summed E-state index contributed by atoms with van der Waals surface area (Å²) in [6.45, 7) is 0. The maximum atomic E-state index is 4.61. The van der Waals surface area contributed by atoms with Crippen LogP contribution in [-0.4, -0.2) is 0 Å². The van der Waals surface area contributed by atoms with Crippen molar-refractivity contribution in [3.63, 3.8) is 0 Å². The van der Waals surface area contributed by atoms with Crippen molar-refractivity contribution in [2.45, 2.75) is 25.7 Å². The zero-order valence-electron chi connectivity index (χ0n) is 5.83. The first-order chi connectivity index (χ1) is 5.00. The second kappa shape index (κ2) is 9.46. The molecule has 0 aromatic rings. The summed E-state index contributed by atoms with van der Waals surface area (Å²) in [6.07, 6.45) is 14.0. The van der Waals surface area contributed by atoms with Crippen LogP contribution in [0, 0.1) is 0 Å². The van der Waals surface area contributed by atoms with Crippen molar-refractivity contribution in [3.05, 3.63) is 24.3 Å². The van der Waals surface area contributed by atoms with E-state index in [1.54, 1.807) is 18.8 Å². The predicted molar refractivity (Wildman–Crippen MR) is 42.6 cm³/mol. The number of halogens is 1. The number of allylic oxidation sites excluding steroid dienone is 4. The van der Waals surface area contributed by atoms with Gasteiger partial charge in [0, 0.05) is 0 Å².